The molecule has 3 aromatic rings. The van der Waals surface area contributed by atoms with Gasteiger partial charge in [-0.15, -0.1) is 0 Å². The molecular formula is C28H31N5O3. The van der Waals surface area contributed by atoms with Crippen molar-refractivity contribution in [1.29, 1.82) is 5.41 Å². The molecule has 8 heteroatoms. The minimum absolute atomic E-state index is 0. The normalized spacial score (nSPS) is 20.2. The average Bonchev–Trinajstić information content (AvgIpc) is 3.55. The first-order valence-corrected chi connectivity index (χ1v) is 12.1. The summed E-state index contributed by atoms with van der Waals surface area (Å²) in [5, 5.41) is 14.4. The van der Waals surface area contributed by atoms with Crippen molar-refractivity contribution in [2.24, 2.45) is 12.5 Å². The lowest BCUT2D eigenvalue weighted by molar-refractivity contribution is -0.126. The Morgan fingerprint density at radius 1 is 1.11 bits per heavy atom. The number of rotatable bonds is 7. The van der Waals surface area contributed by atoms with Crippen LogP contribution in [-0.2, 0) is 16.6 Å². The highest BCUT2D eigenvalue weighted by Gasteiger charge is 2.48. The Bertz CT molecular complexity index is 1400. The van der Waals surface area contributed by atoms with E-state index in [4.69, 9.17) is 5.41 Å². The topological polar surface area (TPSA) is 107 Å². The molecule has 0 spiro atoms. The number of amides is 2. The Hall–Kier alpha value is -4.20. The molecule has 0 radical (unpaired) electrons. The van der Waals surface area contributed by atoms with Gasteiger partial charge in [0.2, 0.25) is 17.4 Å². The van der Waals surface area contributed by atoms with E-state index in [2.05, 4.69) is 10.6 Å². The minimum atomic E-state index is -0.356. The van der Waals surface area contributed by atoms with Crippen LogP contribution in [-0.4, -0.2) is 28.6 Å². The summed E-state index contributed by atoms with van der Waals surface area (Å²) in [5.74, 6) is -0.0788. The molecule has 1 aliphatic heterocycles. The number of hydrogen-bond acceptors (Lipinski definition) is 5. The highest BCUT2D eigenvalue weighted by atomic mass is 16.2. The standard InChI is InChI=1S/C28H29N5O3.H2/c1-28(12-13-28)27(36)31-23-15-25(35)33(26(23)18-6-4-3-5-7-18)21-9-10-22(19(14-21)16-29)30-20-8-11-24(34)32(2)17-20;/h3-11,14,16-17,23,26,29-30H,12-13,15H2,1-2H3,(H,31,36);1H/t23-,26+;/m0./s1. The number of nitrogens with zero attached hydrogens (tertiary/aromatic N) is 2. The fourth-order valence-electron chi connectivity index (χ4n) is 4.71. The lowest BCUT2D eigenvalue weighted by Crippen LogP contribution is -2.42. The molecule has 8 nitrogen and oxygen atoms in total. The van der Waals surface area contributed by atoms with Gasteiger partial charge in [0.05, 0.1) is 17.8 Å². The first kappa shape index (κ1) is 23.5. The third-order valence-electron chi connectivity index (χ3n) is 7.16. The second kappa shape index (κ2) is 9.11. The van der Waals surface area contributed by atoms with E-state index >= 15 is 0 Å². The molecule has 2 atom stereocenters. The van der Waals surface area contributed by atoms with Gasteiger partial charge in [0.15, 0.2) is 0 Å². The molecule has 1 aliphatic carbocycles. The summed E-state index contributed by atoms with van der Waals surface area (Å²) in [6, 6.07) is 17.7. The summed E-state index contributed by atoms with van der Waals surface area (Å²) in [4.78, 5) is 39.6. The van der Waals surface area contributed by atoms with Gasteiger partial charge in [0, 0.05) is 55.7 Å². The van der Waals surface area contributed by atoms with Crippen molar-refractivity contribution in [1.82, 2.24) is 9.88 Å². The SMILES string of the molecule is Cn1cc(Nc2ccc(N3C(=O)C[C@H](NC(=O)C4(C)CC4)[C@H]3c3ccccc3)cc2C=N)ccc1=O.[HH]. The highest BCUT2D eigenvalue weighted by molar-refractivity contribution is 6.00. The van der Waals surface area contributed by atoms with Crippen LogP contribution in [0.15, 0.2) is 71.7 Å². The van der Waals surface area contributed by atoms with Gasteiger partial charge in [-0.05, 0) is 42.7 Å². The number of carbonyl (C=O) groups is 2. The fraction of sp³-hybridized carbons (Fsp3) is 0.286. The van der Waals surface area contributed by atoms with Crippen LogP contribution < -0.4 is 21.1 Å². The van der Waals surface area contributed by atoms with Crippen molar-refractivity contribution in [3.8, 4) is 0 Å². The highest BCUT2D eigenvalue weighted by Crippen LogP contribution is 2.46. The average molecular weight is 486 g/mol. The Kier molecular flexibility index (Phi) is 5.96. The Morgan fingerprint density at radius 3 is 2.53 bits per heavy atom. The summed E-state index contributed by atoms with van der Waals surface area (Å²) in [5.41, 5.74) is 3.15. The summed E-state index contributed by atoms with van der Waals surface area (Å²) in [7, 11) is 1.68. The van der Waals surface area contributed by atoms with E-state index in [-0.39, 0.29) is 42.7 Å². The number of aryl methyl sites for hydroxylation is 1. The predicted octanol–water partition coefficient (Wildman–Crippen LogP) is 4.14. The van der Waals surface area contributed by atoms with E-state index in [1.54, 1.807) is 30.3 Å². The molecular weight excluding hydrogens is 454 g/mol. The molecule has 2 aliphatic rings. The maximum absolute atomic E-state index is 13.3. The number of aromatic nitrogens is 1. The van der Waals surface area contributed by atoms with E-state index in [1.807, 2.05) is 49.4 Å². The Morgan fingerprint density at radius 2 is 1.86 bits per heavy atom. The number of pyridine rings is 1. The minimum Gasteiger partial charge on any atom is -0.354 e. The van der Waals surface area contributed by atoms with Crippen LogP contribution in [0.2, 0.25) is 0 Å². The second-order valence-electron chi connectivity index (χ2n) is 9.87. The molecule has 2 fully saturated rings. The van der Waals surface area contributed by atoms with Crippen molar-refractivity contribution in [3.05, 3.63) is 88.3 Å². The lowest BCUT2D eigenvalue weighted by atomic mass is 9.98. The molecule has 0 unspecified atom stereocenters. The molecule has 2 heterocycles. The summed E-state index contributed by atoms with van der Waals surface area (Å²) < 4.78 is 1.48. The van der Waals surface area contributed by atoms with Crippen molar-refractivity contribution < 1.29 is 11.0 Å². The molecule has 36 heavy (non-hydrogen) atoms. The molecule has 3 N–H and O–H groups in total. The van der Waals surface area contributed by atoms with Gasteiger partial charge in [0.25, 0.3) is 0 Å². The lowest BCUT2D eigenvalue weighted by Gasteiger charge is -2.30. The smallest absolute Gasteiger partial charge is 0.250 e. The summed E-state index contributed by atoms with van der Waals surface area (Å²) in [6.07, 6.45) is 4.86. The van der Waals surface area contributed by atoms with Crippen LogP contribution in [0, 0.1) is 10.8 Å². The molecule has 2 amide bonds. The summed E-state index contributed by atoms with van der Waals surface area (Å²) >= 11 is 0. The Labute approximate surface area is 210 Å². The first-order chi connectivity index (χ1) is 17.3. The molecule has 1 saturated heterocycles. The van der Waals surface area contributed by atoms with E-state index in [0.717, 1.165) is 18.4 Å². The molecule has 0 bridgehead atoms. The third kappa shape index (κ3) is 4.42. The van der Waals surface area contributed by atoms with Gasteiger partial charge >= 0.3 is 0 Å². The van der Waals surface area contributed by atoms with Crippen molar-refractivity contribution >= 4 is 35.1 Å². The molecule has 2 aromatic carbocycles. The van der Waals surface area contributed by atoms with Crippen molar-refractivity contribution in [3.63, 3.8) is 0 Å². The zero-order valence-electron chi connectivity index (χ0n) is 20.3. The number of carbonyl (C=O) groups excluding carboxylic acids is 2. The molecule has 5 rings (SSSR count). The molecule has 1 saturated carbocycles. The monoisotopic (exact) mass is 485 g/mol. The second-order valence-corrected chi connectivity index (χ2v) is 9.87. The summed E-state index contributed by atoms with van der Waals surface area (Å²) in [6.45, 7) is 1.96. The van der Waals surface area contributed by atoms with Crippen LogP contribution in [0.5, 0.6) is 0 Å². The number of benzene rings is 2. The van der Waals surface area contributed by atoms with Gasteiger partial charge in [0.1, 0.15) is 0 Å². The largest absolute Gasteiger partial charge is 0.354 e. The van der Waals surface area contributed by atoms with Gasteiger partial charge in [-0.2, -0.15) is 0 Å². The zero-order valence-corrected chi connectivity index (χ0v) is 20.3. The van der Waals surface area contributed by atoms with Crippen LogP contribution in [0.1, 0.15) is 44.8 Å². The van der Waals surface area contributed by atoms with Crippen molar-refractivity contribution in [2.75, 3.05) is 10.2 Å². The van der Waals surface area contributed by atoms with Crippen LogP contribution in [0.25, 0.3) is 0 Å². The van der Waals surface area contributed by atoms with Crippen molar-refractivity contribution in [2.45, 2.75) is 38.3 Å². The van der Waals surface area contributed by atoms with Gasteiger partial charge < -0.3 is 25.5 Å². The van der Waals surface area contributed by atoms with Gasteiger partial charge in [-0.25, -0.2) is 0 Å². The van der Waals surface area contributed by atoms with Gasteiger partial charge in [-0.3, -0.25) is 14.4 Å². The molecule has 186 valence electrons. The van der Waals surface area contributed by atoms with Gasteiger partial charge in [-0.1, -0.05) is 37.3 Å². The Balaban J connectivity index is 0.00000320. The maximum atomic E-state index is 13.3. The van der Waals surface area contributed by atoms with E-state index in [1.165, 1.54) is 16.8 Å². The number of hydrogen-bond donors (Lipinski definition) is 3. The first-order valence-electron chi connectivity index (χ1n) is 12.1. The fourth-order valence-corrected chi connectivity index (χ4v) is 4.71. The predicted molar refractivity (Wildman–Crippen MR) is 142 cm³/mol. The quantitative estimate of drug-likeness (QED) is 0.437. The van der Waals surface area contributed by atoms with E-state index in [9.17, 15) is 14.4 Å². The number of anilines is 3. The zero-order chi connectivity index (χ0) is 25.4. The number of nitrogens with one attached hydrogen (secondary N) is 3. The van der Waals surface area contributed by atoms with Crippen LogP contribution in [0.3, 0.4) is 0 Å². The van der Waals surface area contributed by atoms with E-state index in [0.29, 0.717) is 22.6 Å². The van der Waals surface area contributed by atoms with E-state index < -0.39 is 0 Å². The van der Waals surface area contributed by atoms with Crippen LogP contribution >= 0.6 is 0 Å². The maximum Gasteiger partial charge on any atom is 0.250 e. The van der Waals surface area contributed by atoms with Crippen LogP contribution in [0.4, 0.5) is 17.1 Å². The molecule has 1 aromatic heterocycles. The third-order valence-corrected chi connectivity index (χ3v) is 7.16.